The Bertz CT molecular complexity index is 1050. The molecule has 0 unspecified atom stereocenters. The van der Waals surface area contributed by atoms with Crippen molar-refractivity contribution in [1.29, 1.82) is 0 Å². The van der Waals surface area contributed by atoms with Crippen LogP contribution in [-0.2, 0) is 6.54 Å². The minimum atomic E-state index is -0.113. The van der Waals surface area contributed by atoms with E-state index in [1.807, 2.05) is 18.2 Å². The van der Waals surface area contributed by atoms with Crippen molar-refractivity contribution in [1.82, 2.24) is 19.7 Å². The summed E-state index contributed by atoms with van der Waals surface area (Å²) in [7, 11) is 0. The Labute approximate surface area is 166 Å². The van der Waals surface area contributed by atoms with Crippen molar-refractivity contribution in [3.63, 3.8) is 0 Å². The summed E-state index contributed by atoms with van der Waals surface area (Å²) in [6.45, 7) is 3.79. The Hall–Kier alpha value is -2.52. The number of benzene rings is 1. The van der Waals surface area contributed by atoms with E-state index in [2.05, 4.69) is 25.0 Å². The second-order valence-corrected chi connectivity index (χ2v) is 8.33. The molecule has 1 saturated heterocycles. The smallest absolute Gasteiger partial charge is 0.261 e. The van der Waals surface area contributed by atoms with Crippen molar-refractivity contribution >= 4 is 33.1 Å². The van der Waals surface area contributed by atoms with Crippen LogP contribution in [0.25, 0.3) is 10.9 Å². The summed E-state index contributed by atoms with van der Waals surface area (Å²) >= 11 is 1.74. The number of hydrogen-bond acceptors (Lipinski definition) is 8. The molecule has 28 heavy (non-hydrogen) atoms. The lowest BCUT2D eigenvalue weighted by atomic mass is 10.2. The summed E-state index contributed by atoms with van der Waals surface area (Å²) in [5.74, 6) is 0.652. The molecule has 3 aromatic rings. The minimum absolute atomic E-state index is 0.0772. The molecule has 1 saturated carbocycles. The van der Waals surface area contributed by atoms with Gasteiger partial charge in [-0.15, -0.1) is 10.2 Å². The Morgan fingerprint density at radius 3 is 2.64 bits per heavy atom. The monoisotopic (exact) mass is 398 g/mol. The van der Waals surface area contributed by atoms with Gasteiger partial charge in [0.05, 0.1) is 30.4 Å². The highest BCUT2D eigenvalue weighted by Gasteiger charge is 2.29. The first-order chi connectivity index (χ1) is 13.7. The number of piperazine rings is 1. The van der Waals surface area contributed by atoms with Crippen molar-refractivity contribution in [3.05, 3.63) is 39.9 Å². The third-order valence-corrected chi connectivity index (χ3v) is 6.57. The molecule has 1 aliphatic carbocycles. The third-order valence-electron chi connectivity index (χ3n) is 5.42. The summed E-state index contributed by atoms with van der Waals surface area (Å²) in [4.78, 5) is 21.5. The molecule has 8 nitrogen and oxygen atoms in total. The predicted octanol–water partition coefficient (Wildman–Crippen LogP) is 1.44. The van der Waals surface area contributed by atoms with E-state index in [-0.39, 0.29) is 18.7 Å². The van der Waals surface area contributed by atoms with Crippen molar-refractivity contribution in [2.24, 2.45) is 0 Å². The quantitative estimate of drug-likeness (QED) is 0.696. The normalized spacial score (nSPS) is 17.5. The van der Waals surface area contributed by atoms with Crippen LogP contribution in [0.3, 0.4) is 0 Å². The molecule has 2 fully saturated rings. The van der Waals surface area contributed by atoms with Crippen LogP contribution in [0.1, 0.15) is 23.8 Å². The van der Waals surface area contributed by atoms with Gasteiger partial charge in [0.1, 0.15) is 5.01 Å². The van der Waals surface area contributed by atoms with Crippen LogP contribution >= 0.6 is 11.3 Å². The maximum atomic E-state index is 12.4. The van der Waals surface area contributed by atoms with Gasteiger partial charge in [-0.25, -0.2) is 4.98 Å². The fraction of sp³-hybridized carbons (Fsp3) is 0.474. The largest absolute Gasteiger partial charge is 0.395 e. The van der Waals surface area contributed by atoms with Gasteiger partial charge in [0.2, 0.25) is 5.13 Å². The molecule has 2 aliphatic rings. The Morgan fingerprint density at radius 1 is 1.11 bits per heavy atom. The van der Waals surface area contributed by atoms with Crippen LogP contribution in [0, 0.1) is 0 Å². The van der Waals surface area contributed by atoms with Gasteiger partial charge < -0.3 is 14.9 Å². The number of rotatable bonds is 5. The highest BCUT2D eigenvalue weighted by Crippen LogP contribution is 2.42. The zero-order valence-electron chi connectivity index (χ0n) is 15.5. The molecule has 1 aliphatic heterocycles. The summed E-state index contributed by atoms with van der Waals surface area (Å²) < 4.78 is 1.44. The van der Waals surface area contributed by atoms with E-state index in [9.17, 15) is 4.79 Å². The summed E-state index contributed by atoms with van der Waals surface area (Å²) in [6.07, 6.45) is 4.02. The van der Waals surface area contributed by atoms with Crippen LogP contribution in [0.15, 0.2) is 29.3 Å². The average molecular weight is 398 g/mol. The topological polar surface area (TPSA) is 87.4 Å². The van der Waals surface area contributed by atoms with Crippen molar-refractivity contribution < 1.29 is 5.11 Å². The minimum Gasteiger partial charge on any atom is -0.395 e. The molecule has 9 heteroatoms. The predicted molar refractivity (Wildman–Crippen MR) is 109 cm³/mol. The number of nitrogens with zero attached hydrogens (tertiary/aromatic N) is 6. The van der Waals surface area contributed by atoms with E-state index in [0.717, 1.165) is 37.0 Å². The summed E-state index contributed by atoms with van der Waals surface area (Å²) in [5, 5.41) is 20.6. The second kappa shape index (κ2) is 7.14. The van der Waals surface area contributed by atoms with Gasteiger partial charge in [-0.05, 0) is 31.0 Å². The van der Waals surface area contributed by atoms with E-state index >= 15 is 0 Å². The standard InChI is InChI=1S/C19H22N6O2S/c26-10-9-25-12-20-16-11-14(3-4-15(16)18(25)27)23-5-7-24(8-6-23)19-22-21-17(28-19)13-1-2-13/h3-4,11-13,26H,1-2,5-10H2. The molecule has 0 bridgehead atoms. The molecular formula is C19H22N6O2S. The number of anilines is 2. The molecule has 3 heterocycles. The lowest BCUT2D eigenvalue weighted by Crippen LogP contribution is -2.46. The zero-order valence-corrected chi connectivity index (χ0v) is 16.3. The van der Waals surface area contributed by atoms with Crippen LogP contribution in [0.5, 0.6) is 0 Å². The first kappa shape index (κ1) is 17.6. The van der Waals surface area contributed by atoms with Crippen LogP contribution < -0.4 is 15.4 Å². The SMILES string of the molecule is O=c1c2ccc(N3CCN(c4nnc(C5CC5)s4)CC3)cc2ncn1CCO. The summed E-state index contributed by atoms with van der Waals surface area (Å²) in [5.41, 5.74) is 1.66. The molecule has 0 amide bonds. The summed E-state index contributed by atoms with van der Waals surface area (Å²) in [6, 6.07) is 5.80. The third kappa shape index (κ3) is 3.24. The lowest BCUT2D eigenvalue weighted by molar-refractivity contribution is 0.274. The molecule has 0 atom stereocenters. The van der Waals surface area contributed by atoms with Gasteiger partial charge in [-0.3, -0.25) is 9.36 Å². The van der Waals surface area contributed by atoms with E-state index in [4.69, 9.17) is 5.11 Å². The lowest BCUT2D eigenvalue weighted by Gasteiger charge is -2.35. The molecule has 0 radical (unpaired) electrons. The van der Waals surface area contributed by atoms with Crippen LogP contribution in [0.2, 0.25) is 0 Å². The molecular weight excluding hydrogens is 376 g/mol. The van der Waals surface area contributed by atoms with Gasteiger partial charge in [0.25, 0.3) is 5.56 Å². The number of aromatic nitrogens is 4. The van der Waals surface area contributed by atoms with Gasteiger partial charge in [-0.1, -0.05) is 11.3 Å². The first-order valence-corrected chi connectivity index (χ1v) is 10.5. The van der Waals surface area contributed by atoms with Gasteiger partial charge in [0, 0.05) is 37.8 Å². The molecule has 0 spiro atoms. The zero-order chi connectivity index (χ0) is 19.1. The van der Waals surface area contributed by atoms with E-state index in [1.165, 1.54) is 28.7 Å². The molecule has 2 aromatic heterocycles. The van der Waals surface area contributed by atoms with Crippen LogP contribution in [-0.4, -0.2) is 57.6 Å². The van der Waals surface area contributed by atoms with Crippen molar-refractivity contribution in [2.45, 2.75) is 25.3 Å². The number of aliphatic hydroxyl groups is 1. The maximum Gasteiger partial charge on any atom is 0.261 e. The van der Waals surface area contributed by atoms with Crippen molar-refractivity contribution in [3.8, 4) is 0 Å². The fourth-order valence-corrected chi connectivity index (χ4v) is 4.68. The van der Waals surface area contributed by atoms with E-state index < -0.39 is 0 Å². The highest BCUT2D eigenvalue weighted by atomic mass is 32.1. The van der Waals surface area contributed by atoms with Gasteiger partial charge in [0.15, 0.2) is 0 Å². The molecule has 1 aromatic carbocycles. The Kier molecular flexibility index (Phi) is 4.48. The van der Waals surface area contributed by atoms with E-state index in [0.29, 0.717) is 16.8 Å². The van der Waals surface area contributed by atoms with E-state index in [1.54, 1.807) is 11.3 Å². The highest BCUT2D eigenvalue weighted by molar-refractivity contribution is 7.15. The van der Waals surface area contributed by atoms with Crippen molar-refractivity contribution in [2.75, 3.05) is 42.6 Å². The molecule has 1 N–H and O–H groups in total. The average Bonchev–Trinajstić information content (AvgIpc) is 3.47. The van der Waals surface area contributed by atoms with Crippen LogP contribution in [0.4, 0.5) is 10.8 Å². The number of aliphatic hydroxyl groups excluding tert-OH is 1. The Balaban J connectivity index is 1.30. The second-order valence-electron chi connectivity index (χ2n) is 7.34. The maximum absolute atomic E-state index is 12.4. The molecule has 5 rings (SSSR count). The fourth-order valence-electron chi connectivity index (χ4n) is 3.62. The molecule has 146 valence electrons. The van der Waals surface area contributed by atoms with Gasteiger partial charge >= 0.3 is 0 Å². The number of fused-ring (bicyclic) bond motifs is 1. The number of hydrogen-bond donors (Lipinski definition) is 1. The first-order valence-electron chi connectivity index (χ1n) is 9.66. The van der Waals surface area contributed by atoms with Gasteiger partial charge in [-0.2, -0.15) is 0 Å². The Morgan fingerprint density at radius 2 is 1.89 bits per heavy atom.